The fraction of sp³-hybridized carbons (Fsp3) is 0.462. The highest BCUT2D eigenvalue weighted by molar-refractivity contribution is 5.83. The SMILES string of the molecule is COC(CNC(=O)C1CNc2ccccc2O1)OC. The number of carbonyl (C=O) groups is 1. The Kier molecular flexibility index (Phi) is 4.59. The summed E-state index contributed by atoms with van der Waals surface area (Å²) in [6.45, 7) is 0.723. The molecule has 6 nitrogen and oxygen atoms in total. The highest BCUT2D eigenvalue weighted by atomic mass is 16.7. The summed E-state index contributed by atoms with van der Waals surface area (Å²) in [5.74, 6) is 0.491. The number of anilines is 1. The van der Waals surface area contributed by atoms with Gasteiger partial charge in [-0.2, -0.15) is 0 Å². The van der Waals surface area contributed by atoms with Gasteiger partial charge in [-0.25, -0.2) is 0 Å². The van der Waals surface area contributed by atoms with E-state index in [1.54, 1.807) is 0 Å². The lowest BCUT2D eigenvalue weighted by Crippen LogP contribution is -2.47. The number of hydrogen-bond donors (Lipinski definition) is 2. The molecule has 0 aromatic heterocycles. The number of carbonyl (C=O) groups excluding carboxylic acids is 1. The van der Waals surface area contributed by atoms with Gasteiger partial charge in [0.2, 0.25) is 0 Å². The third-order valence-electron chi connectivity index (χ3n) is 2.90. The smallest absolute Gasteiger partial charge is 0.263 e. The number of methoxy groups -OCH3 is 2. The average molecular weight is 266 g/mol. The van der Waals surface area contributed by atoms with E-state index in [1.165, 1.54) is 14.2 Å². The molecule has 2 N–H and O–H groups in total. The number of hydrogen-bond acceptors (Lipinski definition) is 5. The maximum absolute atomic E-state index is 12.0. The van der Waals surface area contributed by atoms with Gasteiger partial charge >= 0.3 is 0 Å². The van der Waals surface area contributed by atoms with E-state index in [1.807, 2.05) is 24.3 Å². The van der Waals surface area contributed by atoms with Crippen LogP contribution in [-0.4, -0.2) is 45.6 Å². The van der Waals surface area contributed by atoms with Crippen molar-refractivity contribution >= 4 is 11.6 Å². The van der Waals surface area contributed by atoms with E-state index in [0.717, 1.165) is 5.69 Å². The van der Waals surface area contributed by atoms with Gasteiger partial charge in [-0.3, -0.25) is 4.79 Å². The van der Waals surface area contributed by atoms with E-state index in [4.69, 9.17) is 14.2 Å². The molecule has 6 heteroatoms. The first-order valence-corrected chi connectivity index (χ1v) is 6.07. The fourth-order valence-electron chi connectivity index (χ4n) is 1.82. The molecular formula is C13H18N2O4. The number of amides is 1. The minimum absolute atomic E-state index is 0.193. The summed E-state index contributed by atoms with van der Waals surface area (Å²) in [6.07, 6.45) is -1.00. The van der Waals surface area contributed by atoms with Crippen LogP contribution in [0.5, 0.6) is 5.75 Å². The van der Waals surface area contributed by atoms with Crippen LogP contribution in [-0.2, 0) is 14.3 Å². The second-order valence-corrected chi connectivity index (χ2v) is 4.13. The van der Waals surface area contributed by atoms with Crippen LogP contribution in [0.4, 0.5) is 5.69 Å². The molecule has 0 radical (unpaired) electrons. The predicted octanol–water partition coefficient (Wildman–Crippen LogP) is 0.595. The number of para-hydroxylation sites is 2. The predicted molar refractivity (Wildman–Crippen MR) is 70.2 cm³/mol. The summed E-state index contributed by atoms with van der Waals surface area (Å²) >= 11 is 0. The van der Waals surface area contributed by atoms with Crippen molar-refractivity contribution in [1.29, 1.82) is 0 Å². The van der Waals surface area contributed by atoms with Crippen LogP contribution in [0.1, 0.15) is 0 Å². The molecular weight excluding hydrogens is 248 g/mol. The standard InChI is InChI=1S/C13H18N2O4/c1-17-12(18-2)8-15-13(16)11-7-14-9-5-3-4-6-10(9)19-11/h3-6,11-12,14H,7-8H2,1-2H3,(H,15,16). The van der Waals surface area contributed by atoms with Crippen molar-refractivity contribution in [2.24, 2.45) is 0 Å². The largest absolute Gasteiger partial charge is 0.477 e. The summed E-state index contributed by atoms with van der Waals surface area (Å²) in [7, 11) is 3.05. The van der Waals surface area contributed by atoms with Crippen molar-refractivity contribution < 1.29 is 19.0 Å². The van der Waals surface area contributed by atoms with Crippen LogP contribution in [0.2, 0.25) is 0 Å². The maximum Gasteiger partial charge on any atom is 0.263 e. The second-order valence-electron chi connectivity index (χ2n) is 4.13. The molecule has 1 aliphatic rings. The zero-order valence-electron chi connectivity index (χ0n) is 11.0. The van der Waals surface area contributed by atoms with Crippen LogP contribution < -0.4 is 15.4 Å². The number of ether oxygens (including phenoxy) is 3. The second kappa shape index (κ2) is 6.40. The summed E-state index contributed by atoms with van der Waals surface area (Å²) in [5, 5.41) is 5.89. The maximum atomic E-state index is 12.0. The zero-order chi connectivity index (χ0) is 13.7. The van der Waals surface area contributed by atoms with Crippen LogP contribution in [0.15, 0.2) is 24.3 Å². The number of benzene rings is 1. The Morgan fingerprint density at radius 2 is 2.21 bits per heavy atom. The molecule has 0 fully saturated rings. The van der Waals surface area contributed by atoms with Gasteiger partial charge in [-0.05, 0) is 12.1 Å². The Morgan fingerprint density at radius 3 is 2.95 bits per heavy atom. The molecule has 1 aromatic carbocycles. The summed E-state index contributed by atoms with van der Waals surface area (Å²) < 4.78 is 15.6. The van der Waals surface area contributed by atoms with E-state index in [9.17, 15) is 4.79 Å². The molecule has 0 bridgehead atoms. The molecule has 1 amide bonds. The molecule has 0 saturated carbocycles. The quantitative estimate of drug-likeness (QED) is 0.764. The molecule has 0 spiro atoms. The monoisotopic (exact) mass is 266 g/mol. The Morgan fingerprint density at radius 1 is 1.47 bits per heavy atom. The minimum atomic E-state index is -0.552. The van der Waals surface area contributed by atoms with E-state index in [-0.39, 0.29) is 12.5 Å². The Hall–Kier alpha value is -1.79. The van der Waals surface area contributed by atoms with Crippen molar-refractivity contribution in [3.63, 3.8) is 0 Å². The Bertz CT molecular complexity index is 434. The summed E-state index contributed by atoms with van der Waals surface area (Å²) in [4.78, 5) is 12.0. The first-order valence-electron chi connectivity index (χ1n) is 6.07. The van der Waals surface area contributed by atoms with Crippen LogP contribution in [0.3, 0.4) is 0 Å². The number of fused-ring (bicyclic) bond motifs is 1. The molecule has 0 saturated heterocycles. The molecule has 1 heterocycles. The van der Waals surface area contributed by atoms with E-state index in [0.29, 0.717) is 12.3 Å². The minimum Gasteiger partial charge on any atom is -0.477 e. The molecule has 2 rings (SSSR count). The molecule has 1 aromatic rings. The third kappa shape index (κ3) is 3.36. The number of nitrogens with one attached hydrogen (secondary N) is 2. The Labute approximate surface area is 112 Å². The van der Waals surface area contributed by atoms with Gasteiger partial charge in [0, 0.05) is 14.2 Å². The fourth-order valence-corrected chi connectivity index (χ4v) is 1.82. The summed E-state index contributed by atoms with van der Waals surface area (Å²) in [5.41, 5.74) is 0.901. The van der Waals surface area contributed by atoms with Gasteiger partial charge in [-0.1, -0.05) is 12.1 Å². The van der Waals surface area contributed by atoms with Crippen molar-refractivity contribution in [3.05, 3.63) is 24.3 Å². The van der Waals surface area contributed by atoms with Gasteiger partial charge in [-0.15, -0.1) is 0 Å². The highest BCUT2D eigenvalue weighted by Gasteiger charge is 2.25. The van der Waals surface area contributed by atoms with Crippen molar-refractivity contribution in [2.75, 3.05) is 32.6 Å². The Balaban J connectivity index is 1.88. The first kappa shape index (κ1) is 13.6. The first-order chi connectivity index (χ1) is 9.24. The van der Waals surface area contributed by atoms with Gasteiger partial charge in [0.15, 0.2) is 12.4 Å². The highest BCUT2D eigenvalue weighted by Crippen LogP contribution is 2.28. The van der Waals surface area contributed by atoms with Crippen molar-refractivity contribution in [2.45, 2.75) is 12.4 Å². The van der Waals surface area contributed by atoms with Crippen molar-refractivity contribution in [1.82, 2.24) is 5.32 Å². The zero-order valence-corrected chi connectivity index (χ0v) is 11.0. The van der Waals surface area contributed by atoms with E-state index in [2.05, 4.69) is 10.6 Å². The van der Waals surface area contributed by atoms with E-state index >= 15 is 0 Å². The lowest BCUT2D eigenvalue weighted by molar-refractivity contribution is -0.133. The molecule has 0 aliphatic carbocycles. The van der Waals surface area contributed by atoms with Gasteiger partial charge in [0.25, 0.3) is 5.91 Å². The lowest BCUT2D eigenvalue weighted by Gasteiger charge is -2.26. The molecule has 1 atom stereocenters. The van der Waals surface area contributed by atoms with Gasteiger partial charge in [0.05, 0.1) is 18.8 Å². The van der Waals surface area contributed by atoms with Gasteiger partial charge < -0.3 is 24.8 Å². The molecule has 1 aliphatic heterocycles. The normalized spacial score (nSPS) is 17.3. The van der Waals surface area contributed by atoms with E-state index < -0.39 is 12.4 Å². The summed E-state index contributed by atoms with van der Waals surface area (Å²) in [6, 6.07) is 7.52. The third-order valence-corrected chi connectivity index (χ3v) is 2.90. The topological polar surface area (TPSA) is 68.8 Å². The molecule has 1 unspecified atom stereocenters. The van der Waals surface area contributed by atoms with Crippen molar-refractivity contribution in [3.8, 4) is 5.75 Å². The average Bonchev–Trinajstić information content (AvgIpc) is 2.47. The molecule has 104 valence electrons. The number of rotatable bonds is 5. The lowest BCUT2D eigenvalue weighted by atomic mass is 10.2. The van der Waals surface area contributed by atoms with Crippen LogP contribution in [0, 0.1) is 0 Å². The van der Waals surface area contributed by atoms with Crippen LogP contribution in [0.25, 0.3) is 0 Å². The van der Waals surface area contributed by atoms with Crippen LogP contribution >= 0.6 is 0 Å². The van der Waals surface area contributed by atoms with Gasteiger partial charge in [0.1, 0.15) is 5.75 Å². The molecule has 19 heavy (non-hydrogen) atoms.